The van der Waals surface area contributed by atoms with Crippen molar-refractivity contribution in [1.29, 1.82) is 0 Å². The fraction of sp³-hybridized carbons (Fsp3) is 0.562. The number of piperidine rings is 1. The molecule has 1 atom stereocenters. The fourth-order valence-electron chi connectivity index (χ4n) is 3.40. The average Bonchev–Trinajstić information content (AvgIpc) is 3.16. The molecule has 1 aliphatic heterocycles. The molecular formula is C16H20Cl2N2O. The molecule has 5 heteroatoms. The van der Waals surface area contributed by atoms with E-state index in [1.54, 1.807) is 0 Å². The van der Waals surface area contributed by atoms with E-state index in [9.17, 15) is 4.79 Å². The van der Waals surface area contributed by atoms with E-state index < -0.39 is 0 Å². The first-order valence-electron chi connectivity index (χ1n) is 7.54. The van der Waals surface area contributed by atoms with Gasteiger partial charge in [-0.2, -0.15) is 0 Å². The number of rotatable bonds is 4. The van der Waals surface area contributed by atoms with Crippen LogP contribution in [-0.4, -0.2) is 25.5 Å². The summed E-state index contributed by atoms with van der Waals surface area (Å²) in [7, 11) is 0. The number of hydrogen-bond donors (Lipinski definition) is 2. The monoisotopic (exact) mass is 326 g/mol. The smallest absolute Gasteiger partial charge is 0.223 e. The molecule has 3 rings (SSSR count). The van der Waals surface area contributed by atoms with Gasteiger partial charge in [0.15, 0.2) is 0 Å². The zero-order valence-electron chi connectivity index (χ0n) is 11.9. The van der Waals surface area contributed by atoms with Crippen molar-refractivity contribution in [3.63, 3.8) is 0 Å². The summed E-state index contributed by atoms with van der Waals surface area (Å²) < 4.78 is 0. The van der Waals surface area contributed by atoms with Crippen molar-refractivity contribution in [3.8, 4) is 0 Å². The second-order valence-corrected chi connectivity index (χ2v) is 6.92. The van der Waals surface area contributed by atoms with E-state index in [0.717, 1.165) is 37.9 Å². The molecule has 1 saturated heterocycles. The molecule has 2 fully saturated rings. The zero-order valence-corrected chi connectivity index (χ0v) is 13.4. The molecule has 1 unspecified atom stereocenters. The Hall–Kier alpha value is -0.770. The van der Waals surface area contributed by atoms with Crippen molar-refractivity contribution in [3.05, 3.63) is 33.8 Å². The van der Waals surface area contributed by atoms with Gasteiger partial charge in [-0.15, -0.1) is 0 Å². The Morgan fingerprint density at radius 3 is 2.62 bits per heavy atom. The van der Waals surface area contributed by atoms with Crippen LogP contribution in [0.3, 0.4) is 0 Å². The van der Waals surface area contributed by atoms with Crippen LogP contribution < -0.4 is 10.6 Å². The quantitative estimate of drug-likeness (QED) is 0.892. The molecule has 114 valence electrons. The fourth-order valence-corrected chi connectivity index (χ4v) is 3.99. The van der Waals surface area contributed by atoms with Crippen LogP contribution in [0.4, 0.5) is 0 Å². The number of carbonyl (C=O) groups excluding carboxylic acids is 1. The number of amides is 1. The van der Waals surface area contributed by atoms with Gasteiger partial charge in [-0.05, 0) is 61.9 Å². The lowest BCUT2D eigenvalue weighted by Gasteiger charge is -2.23. The highest BCUT2D eigenvalue weighted by molar-refractivity contribution is 6.35. The van der Waals surface area contributed by atoms with Crippen molar-refractivity contribution < 1.29 is 4.79 Å². The lowest BCUT2D eigenvalue weighted by Crippen LogP contribution is -2.34. The van der Waals surface area contributed by atoms with Crippen LogP contribution in [0.25, 0.3) is 0 Å². The molecule has 0 aromatic heterocycles. The standard InChI is InChI=1S/C16H20Cl2N2O/c17-13-2-1-3-14(18)11(13)4-7-20-15(21)12-10-16(12)5-8-19-9-6-16/h1-3,12,19H,4-10H2,(H,20,21). The van der Waals surface area contributed by atoms with Crippen molar-refractivity contribution in [2.24, 2.45) is 11.3 Å². The molecule has 1 saturated carbocycles. The topological polar surface area (TPSA) is 41.1 Å². The minimum atomic E-state index is 0.195. The lowest BCUT2D eigenvalue weighted by atomic mass is 9.92. The molecular weight excluding hydrogens is 307 g/mol. The third-order valence-electron chi connectivity index (χ3n) is 4.84. The summed E-state index contributed by atoms with van der Waals surface area (Å²) in [6, 6.07) is 5.49. The minimum absolute atomic E-state index is 0.195. The van der Waals surface area contributed by atoms with Crippen LogP contribution in [-0.2, 0) is 11.2 Å². The third kappa shape index (κ3) is 3.20. The molecule has 1 spiro atoms. The second-order valence-electron chi connectivity index (χ2n) is 6.11. The first-order valence-corrected chi connectivity index (χ1v) is 8.29. The normalized spacial score (nSPS) is 23.0. The van der Waals surface area contributed by atoms with E-state index in [-0.39, 0.29) is 17.2 Å². The van der Waals surface area contributed by atoms with Crippen LogP contribution in [0.1, 0.15) is 24.8 Å². The Morgan fingerprint density at radius 1 is 1.29 bits per heavy atom. The zero-order chi connectivity index (χ0) is 14.9. The van der Waals surface area contributed by atoms with Crippen LogP contribution in [0.15, 0.2) is 18.2 Å². The summed E-state index contributed by atoms with van der Waals surface area (Å²) >= 11 is 12.3. The van der Waals surface area contributed by atoms with Crippen LogP contribution >= 0.6 is 23.2 Å². The van der Waals surface area contributed by atoms with Crippen molar-refractivity contribution in [2.45, 2.75) is 25.7 Å². The maximum absolute atomic E-state index is 12.2. The second kappa shape index (κ2) is 6.15. The molecule has 1 aromatic carbocycles. The van der Waals surface area contributed by atoms with E-state index >= 15 is 0 Å². The Kier molecular flexibility index (Phi) is 4.43. The maximum Gasteiger partial charge on any atom is 0.223 e. The Balaban J connectivity index is 1.49. The molecule has 1 aromatic rings. The number of benzene rings is 1. The molecule has 0 bridgehead atoms. The van der Waals surface area contributed by atoms with Gasteiger partial charge in [-0.3, -0.25) is 4.79 Å². The average molecular weight is 327 g/mol. The molecule has 1 aliphatic carbocycles. The highest BCUT2D eigenvalue weighted by Gasteiger charge is 2.57. The van der Waals surface area contributed by atoms with Gasteiger partial charge in [-0.25, -0.2) is 0 Å². The Bertz CT molecular complexity index is 521. The van der Waals surface area contributed by atoms with Crippen LogP contribution in [0.5, 0.6) is 0 Å². The highest BCUT2D eigenvalue weighted by Crippen LogP contribution is 2.58. The summed E-state index contributed by atoms with van der Waals surface area (Å²) in [6.07, 6.45) is 3.97. The van der Waals surface area contributed by atoms with Crippen LogP contribution in [0.2, 0.25) is 10.0 Å². The van der Waals surface area contributed by atoms with Gasteiger partial charge in [0.1, 0.15) is 0 Å². The molecule has 1 amide bonds. The number of carbonyl (C=O) groups is 1. The van der Waals surface area contributed by atoms with Gasteiger partial charge >= 0.3 is 0 Å². The van der Waals surface area contributed by atoms with Gasteiger partial charge < -0.3 is 10.6 Å². The molecule has 21 heavy (non-hydrogen) atoms. The lowest BCUT2D eigenvalue weighted by molar-refractivity contribution is -0.123. The molecule has 2 N–H and O–H groups in total. The van der Waals surface area contributed by atoms with Gasteiger partial charge in [0.05, 0.1) is 0 Å². The van der Waals surface area contributed by atoms with Crippen molar-refractivity contribution in [2.75, 3.05) is 19.6 Å². The van der Waals surface area contributed by atoms with E-state index in [2.05, 4.69) is 10.6 Å². The van der Waals surface area contributed by atoms with Gasteiger partial charge in [0.2, 0.25) is 5.91 Å². The summed E-state index contributed by atoms with van der Waals surface area (Å²) in [5.74, 6) is 0.404. The molecule has 0 radical (unpaired) electrons. The van der Waals surface area contributed by atoms with Gasteiger partial charge in [-0.1, -0.05) is 29.3 Å². The number of hydrogen-bond acceptors (Lipinski definition) is 2. The van der Waals surface area contributed by atoms with Gasteiger partial charge in [0.25, 0.3) is 0 Å². The third-order valence-corrected chi connectivity index (χ3v) is 5.55. The van der Waals surface area contributed by atoms with Crippen molar-refractivity contribution >= 4 is 29.1 Å². The minimum Gasteiger partial charge on any atom is -0.356 e. The Morgan fingerprint density at radius 2 is 1.95 bits per heavy atom. The Labute approximate surface area is 135 Å². The molecule has 2 aliphatic rings. The summed E-state index contributed by atoms with van der Waals surface area (Å²) in [6.45, 7) is 2.67. The molecule has 3 nitrogen and oxygen atoms in total. The predicted molar refractivity (Wildman–Crippen MR) is 85.8 cm³/mol. The van der Waals surface area contributed by atoms with Crippen molar-refractivity contribution in [1.82, 2.24) is 10.6 Å². The predicted octanol–water partition coefficient (Wildman–Crippen LogP) is 3.04. The van der Waals surface area contributed by atoms with E-state index in [1.165, 1.54) is 0 Å². The maximum atomic E-state index is 12.2. The number of nitrogens with one attached hydrogen (secondary N) is 2. The highest BCUT2D eigenvalue weighted by atomic mass is 35.5. The summed E-state index contributed by atoms with van der Waals surface area (Å²) in [5.41, 5.74) is 1.20. The largest absolute Gasteiger partial charge is 0.356 e. The van der Waals surface area contributed by atoms with E-state index in [4.69, 9.17) is 23.2 Å². The first kappa shape index (κ1) is 15.1. The van der Waals surface area contributed by atoms with Gasteiger partial charge in [0, 0.05) is 22.5 Å². The van der Waals surface area contributed by atoms with Crippen LogP contribution in [0, 0.1) is 11.3 Å². The first-order chi connectivity index (χ1) is 10.1. The van der Waals surface area contributed by atoms with E-state index in [0.29, 0.717) is 23.0 Å². The summed E-state index contributed by atoms with van der Waals surface area (Å²) in [4.78, 5) is 12.2. The number of halogens is 2. The van der Waals surface area contributed by atoms with E-state index in [1.807, 2.05) is 18.2 Å². The summed E-state index contributed by atoms with van der Waals surface area (Å²) in [5, 5.41) is 7.73. The SMILES string of the molecule is O=C(NCCc1c(Cl)cccc1Cl)C1CC12CCNCC2. The molecule has 1 heterocycles.